The predicted molar refractivity (Wildman–Crippen MR) is 109 cm³/mol. The highest BCUT2D eigenvalue weighted by atomic mass is 16.5. The van der Waals surface area contributed by atoms with E-state index in [2.05, 4.69) is 17.4 Å². The number of pyridine rings is 1. The quantitative estimate of drug-likeness (QED) is 0.522. The summed E-state index contributed by atoms with van der Waals surface area (Å²) in [6, 6.07) is 21.7. The first-order valence-corrected chi connectivity index (χ1v) is 8.88. The fraction of sp³-hybridized carbons (Fsp3) is 0.130. The minimum Gasteiger partial charge on any atom is -0.484 e. The second kappa shape index (κ2) is 7.08. The molecule has 0 spiro atoms. The number of aromatic nitrogens is 1. The maximum Gasteiger partial charge on any atom is 0.262 e. The van der Waals surface area contributed by atoms with Gasteiger partial charge in [0.05, 0.1) is 11.2 Å². The second-order valence-corrected chi connectivity index (χ2v) is 6.64. The molecule has 4 rings (SSSR count). The van der Waals surface area contributed by atoms with Crippen molar-refractivity contribution in [2.45, 2.75) is 13.8 Å². The van der Waals surface area contributed by atoms with Gasteiger partial charge in [0.15, 0.2) is 6.61 Å². The molecule has 1 heterocycles. The van der Waals surface area contributed by atoms with Crippen molar-refractivity contribution >= 4 is 33.3 Å². The van der Waals surface area contributed by atoms with Gasteiger partial charge in [0.2, 0.25) is 0 Å². The highest BCUT2D eigenvalue weighted by Gasteiger charge is 2.11. The topological polar surface area (TPSA) is 51.2 Å². The Balaban J connectivity index is 1.60. The maximum atomic E-state index is 12.4. The van der Waals surface area contributed by atoms with E-state index in [0.717, 1.165) is 38.6 Å². The Morgan fingerprint density at radius 1 is 0.963 bits per heavy atom. The number of amides is 1. The third-order valence-electron chi connectivity index (χ3n) is 4.50. The van der Waals surface area contributed by atoms with Gasteiger partial charge in [-0.1, -0.05) is 54.1 Å². The number of rotatable bonds is 4. The van der Waals surface area contributed by atoms with E-state index in [1.54, 1.807) is 0 Å². The minimum atomic E-state index is -0.198. The molecule has 1 N–H and O–H groups in total. The zero-order valence-corrected chi connectivity index (χ0v) is 15.3. The third-order valence-corrected chi connectivity index (χ3v) is 4.50. The number of hydrogen-bond donors (Lipinski definition) is 1. The molecule has 0 unspecified atom stereocenters. The first-order chi connectivity index (χ1) is 13.1. The summed E-state index contributed by atoms with van der Waals surface area (Å²) in [6.45, 7) is 3.90. The zero-order chi connectivity index (χ0) is 18.8. The summed E-state index contributed by atoms with van der Waals surface area (Å²) in [5.41, 5.74) is 3.65. The third kappa shape index (κ3) is 3.60. The lowest BCUT2D eigenvalue weighted by molar-refractivity contribution is -0.118. The van der Waals surface area contributed by atoms with Crippen molar-refractivity contribution in [1.29, 1.82) is 0 Å². The van der Waals surface area contributed by atoms with E-state index >= 15 is 0 Å². The number of aryl methyl sites for hydroxylation is 2. The summed E-state index contributed by atoms with van der Waals surface area (Å²) in [7, 11) is 0. The van der Waals surface area contributed by atoms with Crippen LogP contribution in [0.4, 0.5) is 5.69 Å². The summed E-state index contributed by atoms with van der Waals surface area (Å²) in [4.78, 5) is 17.1. The van der Waals surface area contributed by atoms with E-state index < -0.39 is 0 Å². The molecule has 0 aliphatic rings. The van der Waals surface area contributed by atoms with Crippen LogP contribution in [-0.4, -0.2) is 17.5 Å². The van der Waals surface area contributed by atoms with Gasteiger partial charge in [0.25, 0.3) is 5.91 Å². The van der Waals surface area contributed by atoms with Gasteiger partial charge in [0.1, 0.15) is 5.75 Å². The number of hydrogen-bond acceptors (Lipinski definition) is 3. The van der Waals surface area contributed by atoms with Gasteiger partial charge in [-0.15, -0.1) is 0 Å². The summed E-state index contributed by atoms with van der Waals surface area (Å²) < 4.78 is 5.58. The van der Waals surface area contributed by atoms with Gasteiger partial charge >= 0.3 is 0 Å². The van der Waals surface area contributed by atoms with Crippen LogP contribution in [0.15, 0.2) is 66.7 Å². The molecule has 27 heavy (non-hydrogen) atoms. The van der Waals surface area contributed by atoms with Gasteiger partial charge in [-0.2, -0.15) is 0 Å². The normalized spacial score (nSPS) is 10.9. The number of ether oxygens (including phenoxy) is 1. The van der Waals surface area contributed by atoms with E-state index in [1.807, 2.05) is 68.4 Å². The van der Waals surface area contributed by atoms with Crippen molar-refractivity contribution in [2.75, 3.05) is 11.9 Å². The van der Waals surface area contributed by atoms with E-state index in [1.165, 1.54) is 0 Å². The molecule has 0 aliphatic heterocycles. The van der Waals surface area contributed by atoms with Crippen LogP contribution in [0.25, 0.3) is 21.7 Å². The molecule has 4 nitrogen and oxygen atoms in total. The number of benzene rings is 3. The van der Waals surface area contributed by atoms with Crippen LogP contribution in [0.2, 0.25) is 0 Å². The molecule has 1 aromatic heterocycles. The Morgan fingerprint density at radius 3 is 2.56 bits per heavy atom. The van der Waals surface area contributed by atoms with Crippen LogP contribution in [-0.2, 0) is 4.79 Å². The fourth-order valence-corrected chi connectivity index (χ4v) is 3.16. The van der Waals surface area contributed by atoms with Crippen LogP contribution in [0.3, 0.4) is 0 Å². The van der Waals surface area contributed by atoms with Crippen molar-refractivity contribution in [3.8, 4) is 5.75 Å². The summed E-state index contributed by atoms with van der Waals surface area (Å²) >= 11 is 0. The number of carbonyl (C=O) groups is 1. The molecule has 134 valence electrons. The Labute approximate surface area is 157 Å². The van der Waals surface area contributed by atoms with Crippen LogP contribution in [0.5, 0.6) is 5.75 Å². The minimum absolute atomic E-state index is 0.0422. The molecule has 0 radical (unpaired) electrons. The van der Waals surface area contributed by atoms with E-state index in [0.29, 0.717) is 5.75 Å². The van der Waals surface area contributed by atoms with Crippen molar-refractivity contribution in [2.24, 2.45) is 0 Å². The molecule has 0 bridgehead atoms. The summed E-state index contributed by atoms with van der Waals surface area (Å²) in [5, 5.41) is 6.09. The summed E-state index contributed by atoms with van der Waals surface area (Å²) in [6.07, 6.45) is 0. The molecular formula is C23H20N2O2. The standard InChI is InChI=1S/C23H20N2O2/c1-15-7-10-18(11-8-15)27-14-22(26)25-21-13-16(2)24-23-19-6-4-3-5-17(19)9-12-20(21)23/h3-13H,14H2,1-2H3,(H,24,25,26). The van der Waals surface area contributed by atoms with Gasteiger partial charge in [0, 0.05) is 16.5 Å². The van der Waals surface area contributed by atoms with Gasteiger partial charge in [-0.05, 0) is 37.4 Å². The first kappa shape index (κ1) is 17.0. The van der Waals surface area contributed by atoms with Crippen LogP contribution >= 0.6 is 0 Å². The number of carbonyl (C=O) groups excluding carboxylic acids is 1. The van der Waals surface area contributed by atoms with E-state index in [4.69, 9.17) is 9.72 Å². The Morgan fingerprint density at radius 2 is 1.74 bits per heavy atom. The Kier molecular flexibility index (Phi) is 4.47. The SMILES string of the molecule is Cc1ccc(OCC(=O)Nc2cc(C)nc3c2ccc2ccccc23)cc1. The lowest BCUT2D eigenvalue weighted by Crippen LogP contribution is -2.20. The zero-order valence-electron chi connectivity index (χ0n) is 15.3. The van der Waals surface area contributed by atoms with Gasteiger partial charge < -0.3 is 10.1 Å². The second-order valence-electron chi connectivity index (χ2n) is 6.64. The molecule has 0 saturated heterocycles. The van der Waals surface area contributed by atoms with Crippen molar-refractivity contribution in [3.05, 3.63) is 78.0 Å². The van der Waals surface area contributed by atoms with Crippen LogP contribution in [0, 0.1) is 13.8 Å². The van der Waals surface area contributed by atoms with E-state index in [-0.39, 0.29) is 12.5 Å². The Bertz CT molecular complexity index is 1130. The molecular weight excluding hydrogens is 336 g/mol. The van der Waals surface area contributed by atoms with Gasteiger partial charge in [-0.25, -0.2) is 0 Å². The van der Waals surface area contributed by atoms with Crippen molar-refractivity contribution < 1.29 is 9.53 Å². The predicted octanol–water partition coefficient (Wildman–Crippen LogP) is 5.02. The van der Waals surface area contributed by atoms with Crippen molar-refractivity contribution in [3.63, 3.8) is 0 Å². The van der Waals surface area contributed by atoms with E-state index in [9.17, 15) is 4.79 Å². The monoisotopic (exact) mass is 356 g/mol. The lowest BCUT2D eigenvalue weighted by Gasteiger charge is -2.12. The number of fused-ring (bicyclic) bond motifs is 3. The molecule has 0 saturated carbocycles. The van der Waals surface area contributed by atoms with Crippen LogP contribution < -0.4 is 10.1 Å². The molecule has 0 atom stereocenters. The number of nitrogens with zero attached hydrogens (tertiary/aromatic N) is 1. The van der Waals surface area contributed by atoms with Crippen molar-refractivity contribution in [1.82, 2.24) is 4.98 Å². The smallest absolute Gasteiger partial charge is 0.262 e. The average Bonchev–Trinajstić information content (AvgIpc) is 2.67. The fourth-order valence-electron chi connectivity index (χ4n) is 3.16. The molecule has 4 aromatic rings. The largest absolute Gasteiger partial charge is 0.484 e. The molecule has 1 amide bonds. The maximum absolute atomic E-state index is 12.4. The summed E-state index contributed by atoms with van der Waals surface area (Å²) in [5.74, 6) is 0.480. The molecule has 0 aliphatic carbocycles. The Hall–Kier alpha value is -3.40. The molecule has 0 fully saturated rings. The van der Waals surface area contributed by atoms with Crippen LogP contribution in [0.1, 0.15) is 11.3 Å². The number of nitrogens with one attached hydrogen (secondary N) is 1. The lowest BCUT2D eigenvalue weighted by atomic mass is 10.0. The number of anilines is 1. The highest BCUT2D eigenvalue weighted by Crippen LogP contribution is 2.29. The highest BCUT2D eigenvalue weighted by molar-refractivity contribution is 6.11. The molecule has 3 aromatic carbocycles. The van der Waals surface area contributed by atoms with Gasteiger partial charge in [-0.3, -0.25) is 9.78 Å². The average molecular weight is 356 g/mol. The molecule has 4 heteroatoms. The first-order valence-electron chi connectivity index (χ1n) is 8.88.